The Morgan fingerprint density at radius 3 is 2.56 bits per heavy atom. The van der Waals surface area contributed by atoms with Crippen molar-refractivity contribution in [1.29, 1.82) is 0 Å². The minimum atomic E-state index is 0.717. The van der Waals surface area contributed by atoms with Crippen molar-refractivity contribution < 1.29 is 0 Å². The van der Waals surface area contributed by atoms with E-state index in [1.54, 1.807) is 0 Å². The van der Waals surface area contributed by atoms with E-state index >= 15 is 0 Å². The molecule has 0 bridgehead atoms. The molecule has 0 rings (SSSR count). The van der Waals surface area contributed by atoms with Crippen molar-refractivity contribution in [1.82, 2.24) is 0 Å². The Morgan fingerprint density at radius 1 is 1.25 bits per heavy atom. The Morgan fingerprint density at radius 2 is 2.00 bits per heavy atom. The fourth-order valence-corrected chi connectivity index (χ4v) is 2.24. The first-order valence-electron chi connectivity index (χ1n) is 6.81. The molecule has 0 spiro atoms. The Kier molecular flexibility index (Phi) is 10.6. The number of hydrogen-bond acceptors (Lipinski definition) is 0. The van der Waals surface area contributed by atoms with Gasteiger partial charge in [0.2, 0.25) is 0 Å². The van der Waals surface area contributed by atoms with E-state index in [-0.39, 0.29) is 0 Å². The van der Waals surface area contributed by atoms with E-state index in [0.29, 0.717) is 0 Å². The predicted molar refractivity (Wildman–Crippen MR) is 75.3 cm³/mol. The van der Waals surface area contributed by atoms with Crippen molar-refractivity contribution in [3.05, 3.63) is 31.2 Å². The molecule has 0 nitrogen and oxygen atoms in total. The molecule has 16 heavy (non-hydrogen) atoms. The van der Waals surface area contributed by atoms with Crippen LogP contribution in [0.3, 0.4) is 0 Å². The average molecular weight is 221 g/mol. The molecule has 0 aliphatic heterocycles. The van der Waals surface area contributed by atoms with Gasteiger partial charge in [-0.1, -0.05) is 63.8 Å². The molecule has 1 radical (unpaired) electrons. The van der Waals surface area contributed by atoms with Crippen LogP contribution in [0, 0.1) is 18.8 Å². The highest BCUT2D eigenvalue weighted by Crippen LogP contribution is 2.23. The van der Waals surface area contributed by atoms with E-state index in [9.17, 15) is 0 Å². The lowest BCUT2D eigenvalue weighted by molar-refractivity contribution is 0.393. The third kappa shape index (κ3) is 8.76. The van der Waals surface area contributed by atoms with Gasteiger partial charge < -0.3 is 0 Å². The van der Waals surface area contributed by atoms with E-state index in [2.05, 4.69) is 45.9 Å². The SMILES string of the molecule is [CH2]C=CCC(CCCCC)CC(C)C=CC. The monoisotopic (exact) mass is 221 g/mol. The molecule has 0 amide bonds. The predicted octanol–water partition coefficient (Wildman–Crippen LogP) is 5.57. The zero-order chi connectivity index (χ0) is 12.2. The fraction of sp³-hybridized carbons (Fsp3) is 0.688. The maximum absolute atomic E-state index is 3.78. The third-order valence-electron chi connectivity index (χ3n) is 3.08. The van der Waals surface area contributed by atoms with Crippen molar-refractivity contribution in [2.75, 3.05) is 0 Å². The van der Waals surface area contributed by atoms with Crippen molar-refractivity contribution in [3.8, 4) is 0 Å². The van der Waals surface area contributed by atoms with Gasteiger partial charge >= 0.3 is 0 Å². The molecule has 0 heteroatoms. The van der Waals surface area contributed by atoms with Gasteiger partial charge in [0.25, 0.3) is 0 Å². The Hall–Kier alpha value is -0.520. The maximum atomic E-state index is 3.78. The van der Waals surface area contributed by atoms with Gasteiger partial charge in [0.05, 0.1) is 0 Å². The summed E-state index contributed by atoms with van der Waals surface area (Å²) in [6.07, 6.45) is 16.6. The van der Waals surface area contributed by atoms with Crippen LogP contribution in [-0.4, -0.2) is 0 Å². The molecule has 0 saturated carbocycles. The van der Waals surface area contributed by atoms with Crippen molar-refractivity contribution in [2.45, 2.75) is 59.3 Å². The second kappa shape index (κ2) is 11.0. The Labute approximate surface area is 103 Å². The molecule has 0 saturated heterocycles. The van der Waals surface area contributed by atoms with Crippen LogP contribution in [0.4, 0.5) is 0 Å². The molecular formula is C16H29. The third-order valence-corrected chi connectivity index (χ3v) is 3.08. The highest BCUT2D eigenvalue weighted by atomic mass is 14.1. The summed E-state index contributed by atoms with van der Waals surface area (Å²) in [6, 6.07) is 0. The second-order valence-corrected chi connectivity index (χ2v) is 4.81. The highest BCUT2D eigenvalue weighted by molar-refractivity contribution is 4.89. The molecule has 0 heterocycles. The largest absolute Gasteiger partial charge is 0.0914 e. The smallest absolute Gasteiger partial charge is 0.0259 e. The van der Waals surface area contributed by atoms with E-state index in [1.807, 2.05) is 6.08 Å². The van der Waals surface area contributed by atoms with Crippen molar-refractivity contribution >= 4 is 0 Å². The normalized spacial score (nSPS) is 16.0. The average Bonchev–Trinajstić information content (AvgIpc) is 2.26. The molecule has 93 valence electrons. The van der Waals surface area contributed by atoms with Gasteiger partial charge in [0, 0.05) is 0 Å². The second-order valence-electron chi connectivity index (χ2n) is 4.81. The summed E-state index contributed by atoms with van der Waals surface area (Å²) in [7, 11) is 0. The van der Waals surface area contributed by atoms with Gasteiger partial charge in [-0.2, -0.15) is 0 Å². The summed E-state index contributed by atoms with van der Waals surface area (Å²) in [5.74, 6) is 1.56. The fourth-order valence-electron chi connectivity index (χ4n) is 2.24. The molecule has 0 aromatic rings. The quantitative estimate of drug-likeness (QED) is 0.353. The number of rotatable bonds is 9. The molecular weight excluding hydrogens is 192 g/mol. The summed E-state index contributed by atoms with van der Waals surface area (Å²) in [4.78, 5) is 0. The first-order chi connectivity index (χ1) is 7.74. The van der Waals surface area contributed by atoms with Crippen LogP contribution < -0.4 is 0 Å². The highest BCUT2D eigenvalue weighted by Gasteiger charge is 2.09. The molecule has 0 aromatic carbocycles. The Bertz CT molecular complexity index is 188. The van der Waals surface area contributed by atoms with Crippen LogP contribution in [-0.2, 0) is 0 Å². The van der Waals surface area contributed by atoms with Crippen LogP contribution in [0.5, 0.6) is 0 Å². The maximum Gasteiger partial charge on any atom is -0.0259 e. The van der Waals surface area contributed by atoms with E-state index in [0.717, 1.165) is 11.8 Å². The first-order valence-corrected chi connectivity index (χ1v) is 6.81. The number of unbranched alkanes of at least 4 members (excludes halogenated alkanes) is 2. The lowest BCUT2D eigenvalue weighted by Gasteiger charge is -2.17. The summed E-state index contributed by atoms with van der Waals surface area (Å²) >= 11 is 0. The van der Waals surface area contributed by atoms with Crippen molar-refractivity contribution in [3.63, 3.8) is 0 Å². The van der Waals surface area contributed by atoms with E-state index < -0.39 is 0 Å². The van der Waals surface area contributed by atoms with Crippen LogP contribution in [0.15, 0.2) is 24.3 Å². The minimum absolute atomic E-state index is 0.717. The zero-order valence-electron chi connectivity index (χ0n) is 11.4. The molecule has 2 atom stereocenters. The molecule has 0 fully saturated rings. The minimum Gasteiger partial charge on any atom is -0.0914 e. The van der Waals surface area contributed by atoms with Crippen molar-refractivity contribution in [2.24, 2.45) is 11.8 Å². The standard InChI is InChI=1S/C16H29/c1-5-8-10-13-16(12-9-6-2)14-15(4)11-7-3/h6-7,9,11,15-16H,2,5,8,10,12-14H2,1,3-4H3. The summed E-state index contributed by atoms with van der Waals surface area (Å²) < 4.78 is 0. The number of allylic oxidation sites excluding steroid dienone is 4. The first kappa shape index (κ1) is 15.5. The van der Waals surface area contributed by atoms with Crippen LogP contribution in [0.2, 0.25) is 0 Å². The summed E-state index contributed by atoms with van der Waals surface area (Å²) in [5.41, 5.74) is 0. The lowest BCUT2D eigenvalue weighted by Crippen LogP contribution is -2.04. The summed E-state index contributed by atoms with van der Waals surface area (Å²) in [6.45, 7) is 10.5. The van der Waals surface area contributed by atoms with Gasteiger partial charge in [0.1, 0.15) is 0 Å². The Balaban J connectivity index is 3.97. The molecule has 0 aliphatic carbocycles. The van der Waals surface area contributed by atoms with Crippen LogP contribution in [0.25, 0.3) is 0 Å². The van der Waals surface area contributed by atoms with Gasteiger partial charge in [-0.15, -0.1) is 0 Å². The molecule has 0 aliphatic rings. The van der Waals surface area contributed by atoms with E-state index in [1.165, 1.54) is 38.5 Å². The van der Waals surface area contributed by atoms with Gasteiger partial charge in [-0.05, 0) is 38.5 Å². The van der Waals surface area contributed by atoms with Gasteiger partial charge in [-0.25, -0.2) is 0 Å². The zero-order valence-corrected chi connectivity index (χ0v) is 11.4. The van der Waals surface area contributed by atoms with Crippen LogP contribution >= 0.6 is 0 Å². The lowest BCUT2D eigenvalue weighted by atomic mass is 9.88. The van der Waals surface area contributed by atoms with Gasteiger partial charge in [0.15, 0.2) is 0 Å². The molecule has 2 unspecified atom stereocenters. The molecule has 0 aromatic heterocycles. The van der Waals surface area contributed by atoms with E-state index in [4.69, 9.17) is 0 Å². The van der Waals surface area contributed by atoms with Crippen LogP contribution in [0.1, 0.15) is 59.3 Å². The topological polar surface area (TPSA) is 0 Å². The van der Waals surface area contributed by atoms with Gasteiger partial charge in [-0.3, -0.25) is 0 Å². The summed E-state index contributed by atoms with van der Waals surface area (Å²) in [5, 5.41) is 0. The molecule has 0 N–H and O–H groups in total. The number of hydrogen-bond donors (Lipinski definition) is 0.